The van der Waals surface area contributed by atoms with E-state index in [9.17, 15) is 14.4 Å². The van der Waals surface area contributed by atoms with Gasteiger partial charge in [0.15, 0.2) is 4.77 Å². The normalized spacial score (nSPS) is 14.7. The second-order valence-electron chi connectivity index (χ2n) is 8.03. The Labute approximate surface area is 190 Å². The Morgan fingerprint density at radius 2 is 1.69 bits per heavy atom. The van der Waals surface area contributed by atoms with E-state index in [1.807, 2.05) is 0 Å². The standard InChI is InChI=1S/C24H25N3O4S/c1-31-23(30)16-10-13-19-20(14-16)26-24(32)27(22(19)29)18-11-8-15(9-12-18)21(28)25-17-6-4-2-3-5-7-17/h8-14,17H,2-7H2,1H3,(H,25,28)(H,26,32). The number of amides is 1. The van der Waals surface area contributed by atoms with Gasteiger partial charge in [-0.1, -0.05) is 25.7 Å². The summed E-state index contributed by atoms with van der Waals surface area (Å²) in [6, 6.07) is 11.7. The molecule has 32 heavy (non-hydrogen) atoms. The molecule has 2 N–H and O–H groups in total. The van der Waals surface area contributed by atoms with Crippen LogP contribution in [0.25, 0.3) is 16.6 Å². The number of H-pyrrole nitrogens is 1. The Hall–Kier alpha value is -3.26. The van der Waals surface area contributed by atoms with Crippen molar-refractivity contribution in [2.24, 2.45) is 0 Å². The molecule has 0 radical (unpaired) electrons. The van der Waals surface area contributed by atoms with Gasteiger partial charge in [-0.3, -0.25) is 14.2 Å². The van der Waals surface area contributed by atoms with Crippen LogP contribution in [0.1, 0.15) is 59.2 Å². The van der Waals surface area contributed by atoms with Crippen molar-refractivity contribution in [3.8, 4) is 5.69 Å². The molecule has 1 saturated carbocycles. The van der Waals surface area contributed by atoms with Gasteiger partial charge in [-0.15, -0.1) is 0 Å². The Morgan fingerprint density at radius 1 is 1.03 bits per heavy atom. The van der Waals surface area contributed by atoms with E-state index in [0.717, 1.165) is 25.7 Å². The van der Waals surface area contributed by atoms with Crippen LogP contribution in [-0.2, 0) is 4.74 Å². The number of nitrogens with one attached hydrogen (secondary N) is 2. The van der Waals surface area contributed by atoms with Crippen molar-refractivity contribution in [3.05, 3.63) is 68.7 Å². The maximum Gasteiger partial charge on any atom is 0.337 e. The highest BCUT2D eigenvalue weighted by molar-refractivity contribution is 7.71. The summed E-state index contributed by atoms with van der Waals surface area (Å²) in [5, 5.41) is 3.52. The number of carbonyl (C=O) groups is 2. The molecule has 7 nitrogen and oxygen atoms in total. The summed E-state index contributed by atoms with van der Waals surface area (Å²) in [5.74, 6) is -0.595. The number of rotatable bonds is 4. The average molecular weight is 452 g/mol. The molecular weight excluding hydrogens is 426 g/mol. The monoisotopic (exact) mass is 451 g/mol. The molecule has 1 fully saturated rings. The van der Waals surface area contributed by atoms with Gasteiger partial charge in [-0.25, -0.2) is 4.79 Å². The lowest BCUT2D eigenvalue weighted by Gasteiger charge is -2.16. The summed E-state index contributed by atoms with van der Waals surface area (Å²) in [7, 11) is 1.30. The third-order valence-electron chi connectivity index (χ3n) is 5.90. The van der Waals surface area contributed by atoms with E-state index in [4.69, 9.17) is 17.0 Å². The average Bonchev–Trinajstić information content (AvgIpc) is 3.07. The van der Waals surface area contributed by atoms with E-state index in [-0.39, 0.29) is 22.3 Å². The minimum absolute atomic E-state index is 0.102. The van der Waals surface area contributed by atoms with Crippen LogP contribution in [0.3, 0.4) is 0 Å². The first-order chi connectivity index (χ1) is 15.5. The fraction of sp³-hybridized carbons (Fsp3) is 0.333. The zero-order valence-electron chi connectivity index (χ0n) is 17.8. The van der Waals surface area contributed by atoms with Gasteiger partial charge in [-0.05, 0) is 67.5 Å². The van der Waals surface area contributed by atoms with Gasteiger partial charge < -0.3 is 15.0 Å². The highest BCUT2D eigenvalue weighted by Crippen LogP contribution is 2.18. The number of carbonyl (C=O) groups excluding carboxylic acids is 2. The molecule has 2 aromatic carbocycles. The second kappa shape index (κ2) is 9.48. The third kappa shape index (κ3) is 4.50. The summed E-state index contributed by atoms with van der Waals surface area (Å²) in [6.45, 7) is 0. The lowest BCUT2D eigenvalue weighted by Crippen LogP contribution is -2.34. The first-order valence-electron chi connectivity index (χ1n) is 10.8. The van der Waals surface area contributed by atoms with Gasteiger partial charge in [0.1, 0.15) is 0 Å². The predicted molar refractivity (Wildman–Crippen MR) is 125 cm³/mol. The first kappa shape index (κ1) is 22.0. The smallest absolute Gasteiger partial charge is 0.337 e. The van der Waals surface area contributed by atoms with E-state index in [1.54, 1.807) is 36.4 Å². The number of benzene rings is 2. The molecule has 0 aliphatic heterocycles. The first-order valence-corrected chi connectivity index (χ1v) is 11.2. The fourth-order valence-corrected chi connectivity index (χ4v) is 4.45. The van der Waals surface area contributed by atoms with Crippen molar-refractivity contribution < 1.29 is 14.3 Å². The molecule has 0 saturated heterocycles. The van der Waals surface area contributed by atoms with E-state index in [0.29, 0.717) is 27.7 Å². The number of fused-ring (bicyclic) bond motifs is 1. The van der Waals surface area contributed by atoms with Crippen molar-refractivity contribution in [3.63, 3.8) is 0 Å². The molecule has 1 heterocycles. The zero-order chi connectivity index (χ0) is 22.7. The van der Waals surface area contributed by atoms with Crippen molar-refractivity contribution in [1.82, 2.24) is 14.9 Å². The highest BCUT2D eigenvalue weighted by Gasteiger charge is 2.16. The molecule has 0 unspecified atom stereocenters. The Bertz CT molecular complexity index is 1270. The molecule has 0 bridgehead atoms. The van der Waals surface area contributed by atoms with Gasteiger partial charge >= 0.3 is 5.97 Å². The quantitative estimate of drug-likeness (QED) is 0.351. The van der Waals surface area contributed by atoms with Gasteiger partial charge in [0.25, 0.3) is 11.5 Å². The zero-order valence-corrected chi connectivity index (χ0v) is 18.7. The molecule has 1 aliphatic carbocycles. The fourth-order valence-electron chi connectivity index (χ4n) is 4.15. The molecule has 0 spiro atoms. The Morgan fingerprint density at radius 3 is 2.34 bits per heavy atom. The molecule has 8 heteroatoms. The van der Waals surface area contributed by atoms with Crippen LogP contribution in [0, 0.1) is 4.77 Å². The summed E-state index contributed by atoms with van der Waals surface area (Å²) in [5.41, 5.74) is 1.58. The molecule has 0 atom stereocenters. The van der Waals surface area contributed by atoms with Crippen molar-refractivity contribution in [2.75, 3.05) is 7.11 Å². The van der Waals surface area contributed by atoms with E-state index in [2.05, 4.69) is 10.3 Å². The molecule has 1 amide bonds. The number of methoxy groups -OCH3 is 1. The molecule has 3 aromatic rings. The molecule has 1 aliphatic rings. The predicted octanol–water partition coefficient (Wildman–Crippen LogP) is 4.29. The van der Waals surface area contributed by atoms with Crippen LogP contribution in [-0.4, -0.2) is 34.6 Å². The van der Waals surface area contributed by atoms with Crippen LogP contribution in [0.2, 0.25) is 0 Å². The van der Waals surface area contributed by atoms with E-state index >= 15 is 0 Å². The number of hydrogen-bond donors (Lipinski definition) is 2. The Balaban J connectivity index is 1.61. The Kier molecular flexibility index (Phi) is 6.50. The van der Waals surface area contributed by atoms with Gasteiger partial charge in [0.05, 0.1) is 29.3 Å². The molecule has 1 aromatic heterocycles. The molecule has 166 valence electrons. The number of nitrogens with zero attached hydrogens (tertiary/aromatic N) is 1. The second-order valence-corrected chi connectivity index (χ2v) is 8.42. The topological polar surface area (TPSA) is 93.2 Å². The van der Waals surface area contributed by atoms with Crippen molar-refractivity contribution in [1.29, 1.82) is 0 Å². The maximum absolute atomic E-state index is 13.1. The molecule has 4 rings (SSSR count). The lowest BCUT2D eigenvalue weighted by molar-refractivity contribution is 0.0600. The number of hydrogen-bond acceptors (Lipinski definition) is 5. The van der Waals surface area contributed by atoms with Crippen LogP contribution in [0.15, 0.2) is 47.3 Å². The van der Waals surface area contributed by atoms with Crippen LogP contribution in [0.5, 0.6) is 0 Å². The number of aromatic amines is 1. The maximum atomic E-state index is 13.1. The van der Waals surface area contributed by atoms with Gasteiger partial charge in [-0.2, -0.15) is 0 Å². The minimum atomic E-state index is -0.492. The molecular formula is C24H25N3O4S. The summed E-state index contributed by atoms with van der Waals surface area (Å²) >= 11 is 5.40. The van der Waals surface area contributed by atoms with E-state index < -0.39 is 5.97 Å². The van der Waals surface area contributed by atoms with Crippen molar-refractivity contribution in [2.45, 2.75) is 44.6 Å². The number of ether oxygens (including phenoxy) is 1. The van der Waals surface area contributed by atoms with Gasteiger partial charge in [0, 0.05) is 11.6 Å². The highest BCUT2D eigenvalue weighted by atomic mass is 32.1. The van der Waals surface area contributed by atoms with Crippen LogP contribution in [0.4, 0.5) is 0 Å². The minimum Gasteiger partial charge on any atom is -0.465 e. The van der Waals surface area contributed by atoms with Crippen molar-refractivity contribution >= 4 is 35.0 Å². The largest absolute Gasteiger partial charge is 0.465 e. The number of aromatic nitrogens is 2. The lowest BCUT2D eigenvalue weighted by atomic mass is 10.1. The number of esters is 1. The van der Waals surface area contributed by atoms with Crippen LogP contribution < -0.4 is 10.9 Å². The summed E-state index contributed by atoms with van der Waals surface area (Å²) in [4.78, 5) is 40.5. The van der Waals surface area contributed by atoms with Crippen LogP contribution >= 0.6 is 12.2 Å². The SMILES string of the molecule is COC(=O)c1ccc2c(=O)n(-c3ccc(C(=O)NC4CCCCCC4)cc3)c(=S)[nH]c2c1. The van der Waals surface area contributed by atoms with E-state index in [1.165, 1.54) is 30.6 Å². The summed E-state index contributed by atoms with van der Waals surface area (Å²) < 4.78 is 6.30. The summed E-state index contributed by atoms with van der Waals surface area (Å²) in [6.07, 6.45) is 6.78. The van der Waals surface area contributed by atoms with Gasteiger partial charge in [0.2, 0.25) is 0 Å². The third-order valence-corrected chi connectivity index (χ3v) is 6.18.